The molecule has 3 N–H and O–H groups in total. The molecule has 0 radical (unpaired) electrons. The second kappa shape index (κ2) is 6.47. The molecule has 1 aromatic rings. The van der Waals surface area contributed by atoms with E-state index in [1.165, 1.54) is 0 Å². The molecule has 0 atom stereocenters. The average molecular weight is 257 g/mol. The number of para-hydroxylation sites is 1. The van der Waals surface area contributed by atoms with Crippen LogP contribution in [0.1, 0.15) is 23.7 Å². The molecule has 0 heterocycles. The SMILES string of the molecule is CCCN(CCO)C(=O)c1cccc(Cl)c1N. The lowest BCUT2D eigenvalue weighted by molar-refractivity contribution is 0.0723. The highest BCUT2D eigenvalue weighted by Gasteiger charge is 2.17. The van der Waals surface area contributed by atoms with Crippen LogP contribution >= 0.6 is 11.6 Å². The van der Waals surface area contributed by atoms with Gasteiger partial charge in [0.2, 0.25) is 0 Å². The number of halogens is 1. The van der Waals surface area contributed by atoms with E-state index in [2.05, 4.69) is 0 Å². The van der Waals surface area contributed by atoms with Crippen molar-refractivity contribution >= 4 is 23.2 Å². The molecular weight excluding hydrogens is 240 g/mol. The zero-order chi connectivity index (χ0) is 12.8. The summed E-state index contributed by atoms with van der Waals surface area (Å²) in [6.45, 7) is 2.80. The molecule has 94 valence electrons. The molecule has 0 saturated heterocycles. The third-order valence-electron chi connectivity index (χ3n) is 2.43. The van der Waals surface area contributed by atoms with E-state index in [0.29, 0.717) is 29.4 Å². The van der Waals surface area contributed by atoms with Crippen LogP contribution in [0.15, 0.2) is 18.2 Å². The molecule has 0 fully saturated rings. The largest absolute Gasteiger partial charge is 0.397 e. The molecule has 0 aliphatic carbocycles. The van der Waals surface area contributed by atoms with Gasteiger partial charge < -0.3 is 15.7 Å². The zero-order valence-electron chi connectivity index (χ0n) is 9.82. The van der Waals surface area contributed by atoms with Gasteiger partial charge in [0, 0.05) is 13.1 Å². The Bertz CT molecular complexity index is 390. The van der Waals surface area contributed by atoms with Crippen molar-refractivity contribution in [1.29, 1.82) is 0 Å². The number of aliphatic hydroxyl groups is 1. The molecule has 1 aromatic carbocycles. The number of amides is 1. The number of hydrogen-bond acceptors (Lipinski definition) is 3. The minimum atomic E-state index is -0.194. The van der Waals surface area contributed by atoms with E-state index in [4.69, 9.17) is 22.4 Å². The van der Waals surface area contributed by atoms with E-state index in [9.17, 15) is 4.79 Å². The van der Waals surface area contributed by atoms with E-state index >= 15 is 0 Å². The smallest absolute Gasteiger partial charge is 0.256 e. The van der Waals surface area contributed by atoms with Crippen LogP contribution in [0.25, 0.3) is 0 Å². The number of anilines is 1. The van der Waals surface area contributed by atoms with Gasteiger partial charge >= 0.3 is 0 Å². The summed E-state index contributed by atoms with van der Waals surface area (Å²) in [4.78, 5) is 13.7. The maximum atomic E-state index is 12.2. The van der Waals surface area contributed by atoms with Crippen LogP contribution in [0.5, 0.6) is 0 Å². The van der Waals surface area contributed by atoms with Gasteiger partial charge in [0.25, 0.3) is 5.91 Å². The van der Waals surface area contributed by atoms with Crippen molar-refractivity contribution in [2.24, 2.45) is 0 Å². The molecule has 17 heavy (non-hydrogen) atoms. The number of nitrogens with zero attached hydrogens (tertiary/aromatic N) is 1. The first kappa shape index (κ1) is 13.8. The van der Waals surface area contributed by atoms with E-state index < -0.39 is 0 Å². The molecule has 1 rings (SSSR count). The third kappa shape index (κ3) is 3.35. The van der Waals surface area contributed by atoms with Crippen LogP contribution in [0, 0.1) is 0 Å². The van der Waals surface area contributed by atoms with Crippen LogP contribution in [-0.2, 0) is 0 Å². The number of carbonyl (C=O) groups is 1. The van der Waals surface area contributed by atoms with Gasteiger partial charge in [-0.3, -0.25) is 4.79 Å². The summed E-state index contributed by atoms with van der Waals surface area (Å²) >= 11 is 5.87. The van der Waals surface area contributed by atoms with Crippen LogP contribution in [0.4, 0.5) is 5.69 Å². The first-order valence-corrected chi connectivity index (χ1v) is 5.93. The fraction of sp³-hybridized carbons (Fsp3) is 0.417. The van der Waals surface area contributed by atoms with Crippen molar-refractivity contribution < 1.29 is 9.90 Å². The van der Waals surface area contributed by atoms with Crippen molar-refractivity contribution in [2.45, 2.75) is 13.3 Å². The van der Waals surface area contributed by atoms with Gasteiger partial charge in [-0.1, -0.05) is 24.6 Å². The molecule has 0 unspecified atom stereocenters. The fourth-order valence-corrected chi connectivity index (χ4v) is 1.77. The molecule has 0 aromatic heterocycles. The normalized spacial score (nSPS) is 10.3. The highest BCUT2D eigenvalue weighted by molar-refractivity contribution is 6.33. The third-order valence-corrected chi connectivity index (χ3v) is 2.76. The highest BCUT2D eigenvalue weighted by Crippen LogP contribution is 2.23. The molecule has 0 bridgehead atoms. The summed E-state index contributed by atoms with van der Waals surface area (Å²) < 4.78 is 0. The Kier molecular flexibility index (Phi) is 5.25. The Hall–Kier alpha value is -1.26. The predicted molar refractivity (Wildman–Crippen MR) is 69.1 cm³/mol. The van der Waals surface area contributed by atoms with Gasteiger partial charge in [0.15, 0.2) is 0 Å². The summed E-state index contributed by atoms with van der Waals surface area (Å²) in [6.07, 6.45) is 0.826. The second-order valence-electron chi connectivity index (χ2n) is 3.72. The van der Waals surface area contributed by atoms with Crippen LogP contribution < -0.4 is 5.73 Å². The number of nitrogens with two attached hydrogens (primary N) is 1. The lowest BCUT2D eigenvalue weighted by Gasteiger charge is -2.22. The summed E-state index contributed by atoms with van der Waals surface area (Å²) in [6, 6.07) is 4.97. The van der Waals surface area contributed by atoms with Gasteiger partial charge in [-0.15, -0.1) is 0 Å². The van der Waals surface area contributed by atoms with E-state index in [-0.39, 0.29) is 12.5 Å². The summed E-state index contributed by atoms with van der Waals surface area (Å²) in [7, 11) is 0. The lowest BCUT2D eigenvalue weighted by atomic mass is 10.1. The molecule has 0 aliphatic rings. The Morgan fingerprint density at radius 2 is 2.18 bits per heavy atom. The minimum Gasteiger partial charge on any atom is -0.397 e. The number of rotatable bonds is 5. The Balaban J connectivity index is 2.96. The van der Waals surface area contributed by atoms with Crippen LogP contribution in [0.3, 0.4) is 0 Å². The summed E-state index contributed by atoms with van der Waals surface area (Å²) in [5.74, 6) is -0.194. The summed E-state index contributed by atoms with van der Waals surface area (Å²) in [5.41, 5.74) is 6.45. The topological polar surface area (TPSA) is 66.6 Å². The van der Waals surface area contributed by atoms with E-state index in [0.717, 1.165) is 6.42 Å². The predicted octanol–water partition coefficient (Wildman–Crippen LogP) is 1.77. The lowest BCUT2D eigenvalue weighted by Crippen LogP contribution is -2.34. The number of nitrogen functional groups attached to an aromatic ring is 1. The number of aliphatic hydroxyl groups excluding tert-OH is 1. The van der Waals surface area contributed by atoms with Crippen molar-refractivity contribution in [3.05, 3.63) is 28.8 Å². The Morgan fingerprint density at radius 1 is 1.47 bits per heavy atom. The number of hydrogen-bond donors (Lipinski definition) is 2. The maximum absolute atomic E-state index is 12.2. The maximum Gasteiger partial charge on any atom is 0.256 e. The van der Waals surface area contributed by atoms with Crippen molar-refractivity contribution in [3.8, 4) is 0 Å². The molecule has 0 saturated carbocycles. The monoisotopic (exact) mass is 256 g/mol. The van der Waals surface area contributed by atoms with Gasteiger partial charge in [-0.05, 0) is 18.6 Å². The molecule has 1 amide bonds. The van der Waals surface area contributed by atoms with E-state index in [1.807, 2.05) is 6.92 Å². The highest BCUT2D eigenvalue weighted by atomic mass is 35.5. The molecule has 0 aliphatic heterocycles. The minimum absolute atomic E-state index is 0.0633. The van der Waals surface area contributed by atoms with Gasteiger partial charge in [0.1, 0.15) is 0 Å². The van der Waals surface area contributed by atoms with Crippen LogP contribution in [-0.4, -0.2) is 35.6 Å². The number of benzene rings is 1. The number of carbonyl (C=O) groups excluding carboxylic acids is 1. The molecular formula is C12H17ClN2O2. The molecule has 5 heteroatoms. The first-order valence-electron chi connectivity index (χ1n) is 5.56. The van der Waals surface area contributed by atoms with Crippen molar-refractivity contribution in [2.75, 3.05) is 25.4 Å². The van der Waals surface area contributed by atoms with Crippen molar-refractivity contribution in [3.63, 3.8) is 0 Å². The van der Waals surface area contributed by atoms with Gasteiger partial charge in [-0.25, -0.2) is 0 Å². The zero-order valence-corrected chi connectivity index (χ0v) is 10.6. The molecule has 4 nitrogen and oxygen atoms in total. The van der Waals surface area contributed by atoms with Gasteiger partial charge in [-0.2, -0.15) is 0 Å². The fourth-order valence-electron chi connectivity index (χ4n) is 1.60. The Morgan fingerprint density at radius 3 is 2.76 bits per heavy atom. The quantitative estimate of drug-likeness (QED) is 0.789. The van der Waals surface area contributed by atoms with Gasteiger partial charge in [0.05, 0.1) is 22.9 Å². The average Bonchev–Trinajstić information content (AvgIpc) is 2.31. The molecule has 0 spiro atoms. The second-order valence-corrected chi connectivity index (χ2v) is 4.12. The van der Waals surface area contributed by atoms with E-state index in [1.54, 1.807) is 23.1 Å². The van der Waals surface area contributed by atoms with Crippen LogP contribution in [0.2, 0.25) is 5.02 Å². The first-order chi connectivity index (χ1) is 8.11. The summed E-state index contributed by atoms with van der Waals surface area (Å²) in [5, 5.41) is 9.30. The standard InChI is InChI=1S/C12H17ClN2O2/c1-2-6-15(7-8-16)12(17)9-4-3-5-10(13)11(9)14/h3-5,16H,2,6-8,14H2,1H3. The Labute approximate surface area is 106 Å². The van der Waals surface area contributed by atoms with Crippen molar-refractivity contribution in [1.82, 2.24) is 4.90 Å².